The molecule has 0 heterocycles. The van der Waals surface area contributed by atoms with Crippen molar-refractivity contribution in [1.29, 1.82) is 5.53 Å². The third kappa shape index (κ3) is 1.86. The van der Waals surface area contributed by atoms with Crippen LogP contribution in [0.3, 0.4) is 0 Å². The number of fused-ring (bicyclic) bond motifs is 5. The summed E-state index contributed by atoms with van der Waals surface area (Å²) in [4.78, 5) is 12.4. The normalized spacial score (nSPS) is 49.2. The lowest BCUT2D eigenvalue weighted by molar-refractivity contribution is -0.130. The largest absolute Gasteiger partial charge is 0.349 e. The Morgan fingerprint density at radius 2 is 2.04 bits per heavy atom. The average molecular weight is 326 g/mol. The maximum absolute atomic E-state index is 12.4. The molecule has 128 valence electrons. The number of allylic oxidation sites excluding steroid dienone is 4. The summed E-state index contributed by atoms with van der Waals surface area (Å²) in [5.74, 6) is 1.91. The van der Waals surface area contributed by atoms with Crippen molar-refractivity contribution in [2.75, 3.05) is 7.11 Å². The van der Waals surface area contributed by atoms with Crippen molar-refractivity contribution in [1.82, 2.24) is 0 Å². The summed E-state index contributed by atoms with van der Waals surface area (Å²) in [6.45, 7) is 4.48. The van der Waals surface area contributed by atoms with Crippen LogP contribution >= 0.6 is 0 Å². The molecule has 0 aromatic heterocycles. The third-order valence-electron chi connectivity index (χ3n) is 7.46. The monoisotopic (exact) mass is 326 g/mol. The van der Waals surface area contributed by atoms with Gasteiger partial charge in [0.1, 0.15) is 5.78 Å². The molecule has 0 spiro atoms. The van der Waals surface area contributed by atoms with Crippen LogP contribution in [0.15, 0.2) is 41.1 Å². The van der Waals surface area contributed by atoms with Gasteiger partial charge in [0.15, 0.2) is 0 Å². The molecule has 4 heteroatoms. The number of rotatable bonds is 2. The summed E-state index contributed by atoms with van der Waals surface area (Å²) < 4.78 is 5.46. The summed E-state index contributed by atoms with van der Waals surface area (Å²) >= 11 is 0. The van der Waals surface area contributed by atoms with Gasteiger partial charge < -0.3 is 4.74 Å². The van der Waals surface area contributed by atoms with E-state index in [9.17, 15) is 4.79 Å². The van der Waals surface area contributed by atoms with Gasteiger partial charge in [-0.3, -0.25) is 4.79 Å². The highest BCUT2D eigenvalue weighted by atomic mass is 16.5. The Hall–Kier alpha value is -1.55. The molecule has 4 aliphatic carbocycles. The predicted molar refractivity (Wildman–Crippen MR) is 91.4 cm³/mol. The Morgan fingerprint density at radius 1 is 1.25 bits per heavy atom. The molecule has 0 bridgehead atoms. The molecule has 0 radical (unpaired) electrons. The van der Waals surface area contributed by atoms with Gasteiger partial charge in [-0.15, -0.1) is 0 Å². The lowest BCUT2D eigenvalue weighted by atomic mass is 9.50. The van der Waals surface area contributed by atoms with Gasteiger partial charge in [0.05, 0.1) is 0 Å². The minimum Gasteiger partial charge on any atom is -0.349 e. The van der Waals surface area contributed by atoms with Crippen LogP contribution < -0.4 is 0 Å². The van der Waals surface area contributed by atoms with Gasteiger partial charge in [0, 0.05) is 24.4 Å². The molecule has 4 nitrogen and oxygen atoms in total. The third-order valence-corrected chi connectivity index (χ3v) is 7.46. The van der Waals surface area contributed by atoms with E-state index in [0.717, 1.165) is 25.7 Å². The van der Waals surface area contributed by atoms with Crippen molar-refractivity contribution in [2.45, 2.75) is 45.3 Å². The second-order valence-corrected chi connectivity index (χ2v) is 8.35. The molecule has 2 saturated carbocycles. The molecule has 0 aliphatic heterocycles. The first kappa shape index (κ1) is 15.9. The number of carbonyl (C=O) groups is 1. The number of hydrogen-bond donors (Lipinski definition) is 1. The highest BCUT2D eigenvalue weighted by Gasteiger charge is 2.57. The molecule has 4 rings (SSSR count). The van der Waals surface area contributed by atoms with Gasteiger partial charge in [-0.2, -0.15) is 5.11 Å². The first-order valence-electron chi connectivity index (χ1n) is 8.97. The van der Waals surface area contributed by atoms with E-state index in [4.69, 9.17) is 10.3 Å². The molecule has 0 aromatic carbocycles. The van der Waals surface area contributed by atoms with Crippen molar-refractivity contribution < 1.29 is 9.53 Å². The first-order chi connectivity index (χ1) is 11.4. The van der Waals surface area contributed by atoms with Crippen LogP contribution in [0.2, 0.25) is 0 Å². The molecular weight excluding hydrogens is 300 g/mol. The van der Waals surface area contributed by atoms with Crippen molar-refractivity contribution >= 4 is 5.78 Å². The highest BCUT2D eigenvalue weighted by molar-refractivity contribution is 5.87. The number of ether oxygens (including phenoxy) is 1. The van der Waals surface area contributed by atoms with Gasteiger partial charge in [-0.05, 0) is 54.7 Å². The van der Waals surface area contributed by atoms with E-state index in [0.29, 0.717) is 23.5 Å². The molecule has 4 unspecified atom stereocenters. The Morgan fingerprint density at radius 3 is 2.75 bits per heavy atom. The number of nitrogens with zero attached hydrogens (tertiary/aromatic N) is 1. The number of Topliss-reactive ketones (excluding diaryl/α,β-unsaturated/α-hetero) is 1. The Balaban J connectivity index is 1.76. The van der Waals surface area contributed by atoms with Crippen LogP contribution in [0, 0.1) is 34.1 Å². The van der Waals surface area contributed by atoms with E-state index in [-0.39, 0.29) is 10.8 Å². The van der Waals surface area contributed by atoms with Crippen LogP contribution in [0.25, 0.3) is 0 Å². The van der Waals surface area contributed by atoms with E-state index in [1.165, 1.54) is 5.57 Å². The van der Waals surface area contributed by atoms with Crippen LogP contribution in [0.1, 0.15) is 39.5 Å². The van der Waals surface area contributed by atoms with Gasteiger partial charge in [0.25, 0.3) is 0 Å². The van der Waals surface area contributed by atoms with Crippen LogP contribution in [-0.4, -0.2) is 18.6 Å². The number of hydrogen-bond acceptors (Lipinski definition) is 4. The van der Waals surface area contributed by atoms with Crippen molar-refractivity contribution in [3.63, 3.8) is 0 Å². The van der Waals surface area contributed by atoms with Gasteiger partial charge in [-0.25, -0.2) is 5.53 Å². The highest BCUT2D eigenvalue weighted by Crippen LogP contribution is 2.62. The van der Waals surface area contributed by atoms with Crippen LogP contribution in [0.5, 0.6) is 0 Å². The SMILES string of the molecule is COC1(N=N)C=C[C@@]2(C)C(=C1)C=CC1C2CC[C@]2(C)C(=O)CCC12. The summed E-state index contributed by atoms with van der Waals surface area (Å²) in [7, 11) is 1.59. The fourth-order valence-electron chi connectivity index (χ4n) is 5.77. The number of methoxy groups -OCH3 is 1. The lowest BCUT2D eigenvalue weighted by Crippen LogP contribution is -2.48. The number of nitrogens with one attached hydrogen (secondary N) is 1. The van der Waals surface area contributed by atoms with Crippen molar-refractivity contribution in [3.05, 3.63) is 36.0 Å². The van der Waals surface area contributed by atoms with Gasteiger partial charge in [0.2, 0.25) is 5.72 Å². The summed E-state index contributed by atoms with van der Waals surface area (Å²) in [6, 6.07) is 0. The van der Waals surface area contributed by atoms with Gasteiger partial charge in [-0.1, -0.05) is 32.1 Å². The van der Waals surface area contributed by atoms with E-state index in [1.54, 1.807) is 7.11 Å². The molecule has 2 fully saturated rings. The second-order valence-electron chi connectivity index (χ2n) is 8.35. The molecular formula is C20H26N2O2. The van der Waals surface area contributed by atoms with Crippen LogP contribution in [-0.2, 0) is 9.53 Å². The number of ketones is 1. The van der Waals surface area contributed by atoms with Gasteiger partial charge >= 0.3 is 0 Å². The van der Waals surface area contributed by atoms with Crippen molar-refractivity contribution in [2.24, 2.45) is 33.7 Å². The van der Waals surface area contributed by atoms with Crippen LogP contribution in [0.4, 0.5) is 0 Å². The fourth-order valence-corrected chi connectivity index (χ4v) is 5.77. The fraction of sp³-hybridized carbons (Fsp3) is 0.650. The molecule has 1 N–H and O–H groups in total. The summed E-state index contributed by atoms with van der Waals surface area (Å²) in [5, 5.41) is 3.68. The maximum Gasteiger partial charge on any atom is 0.217 e. The van der Waals surface area contributed by atoms with E-state index in [2.05, 4.69) is 37.2 Å². The lowest BCUT2D eigenvalue weighted by Gasteiger charge is -2.53. The molecule has 0 amide bonds. The maximum atomic E-state index is 12.4. The first-order valence-corrected chi connectivity index (χ1v) is 8.97. The Bertz CT molecular complexity index is 694. The zero-order valence-electron chi connectivity index (χ0n) is 14.7. The minimum atomic E-state index is -0.960. The Labute approximate surface area is 143 Å². The summed E-state index contributed by atoms with van der Waals surface area (Å²) in [6.07, 6.45) is 14.5. The smallest absolute Gasteiger partial charge is 0.217 e. The molecule has 4 aliphatic rings. The average Bonchev–Trinajstić information content (AvgIpc) is 2.90. The zero-order chi connectivity index (χ0) is 17.2. The topological polar surface area (TPSA) is 62.5 Å². The van der Waals surface area contributed by atoms with E-state index < -0.39 is 5.72 Å². The molecule has 0 aromatic rings. The molecule has 6 atom stereocenters. The second kappa shape index (κ2) is 4.98. The quantitative estimate of drug-likeness (QED) is 0.602. The van der Waals surface area contributed by atoms with E-state index in [1.807, 2.05) is 12.2 Å². The summed E-state index contributed by atoms with van der Waals surface area (Å²) in [5.41, 5.74) is 7.54. The number of carbonyl (C=O) groups excluding carboxylic acids is 1. The Kier molecular flexibility index (Phi) is 3.31. The van der Waals surface area contributed by atoms with Crippen molar-refractivity contribution in [3.8, 4) is 0 Å². The molecule has 0 saturated heterocycles. The van der Waals surface area contributed by atoms with E-state index >= 15 is 0 Å². The predicted octanol–water partition coefficient (Wildman–Crippen LogP) is 4.44. The standard InChI is InChI=1S/C20H26N2O2/c1-18-10-11-20(22-21,24-3)12-13(18)4-5-14-15-6-7-17(23)19(15,2)9-8-16(14)18/h4-5,10-12,14-16,21H,6-9H2,1-3H3/t14?,15?,16?,18-,19-,20?/m0/s1. The zero-order valence-corrected chi connectivity index (χ0v) is 14.7. The molecule has 24 heavy (non-hydrogen) atoms. The minimum absolute atomic E-state index is 0.0564.